The van der Waals surface area contributed by atoms with E-state index in [2.05, 4.69) is 35.0 Å². The molecule has 0 radical (unpaired) electrons. The van der Waals surface area contributed by atoms with Crippen LogP contribution in [0.15, 0.2) is 0 Å². The van der Waals surface area contributed by atoms with E-state index in [1.165, 1.54) is 109 Å². The smallest absolute Gasteiger partial charge is 0.309 e. The number of carbonyl (C=O) groups is 2. The lowest BCUT2D eigenvalue weighted by Crippen LogP contribution is -3.00. The van der Waals surface area contributed by atoms with Crippen molar-refractivity contribution in [1.29, 1.82) is 0 Å². The Morgan fingerprint density at radius 1 is 0.564 bits per heavy atom. The molecule has 0 aliphatic rings. The van der Waals surface area contributed by atoms with Crippen molar-refractivity contribution in [1.82, 2.24) is 0 Å². The Morgan fingerprint density at radius 2 is 0.949 bits per heavy atom. The molecule has 0 aromatic carbocycles. The van der Waals surface area contributed by atoms with E-state index in [0.29, 0.717) is 24.1 Å². The summed E-state index contributed by atoms with van der Waals surface area (Å²) in [7, 11) is 6.17. The fourth-order valence-corrected chi connectivity index (χ4v) is 4.95. The van der Waals surface area contributed by atoms with Gasteiger partial charge >= 0.3 is 11.9 Å². The molecule has 0 aliphatic carbocycles. The number of quaternary nitrogens is 1. The second-order valence-electron chi connectivity index (χ2n) is 12.5. The third-order valence-electron chi connectivity index (χ3n) is 7.19. The zero-order valence-corrected chi connectivity index (χ0v) is 28.3. The Kier molecular flexibility index (Phi) is 30.0. The van der Waals surface area contributed by atoms with Crippen molar-refractivity contribution in [3.63, 3.8) is 0 Å². The summed E-state index contributed by atoms with van der Waals surface area (Å²) in [6.45, 7) is 5.59. The molecule has 1 atom stereocenters. The number of likely N-dealkylation sites (N-methyl/N-ethyl adjacent to an activating group) is 1. The summed E-state index contributed by atoms with van der Waals surface area (Å²) in [5.41, 5.74) is 0. The first kappa shape index (κ1) is 40.5. The SMILES string of the molecule is CCCCCCCCCCCCCOC(=O)CC(C[N+](C)(C)C)OC(=O)CCCCCCCCCCCC.[Br-]. The quantitative estimate of drug-likeness (QED) is 0.0597. The molecule has 0 bridgehead atoms. The molecule has 234 valence electrons. The maximum atomic E-state index is 12.4. The first-order valence-electron chi connectivity index (χ1n) is 16.4. The molecule has 0 heterocycles. The predicted molar refractivity (Wildman–Crippen MR) is 161 cm³/mol. The first-order chi connectivity index (χ1) is 18.3. The van der Waals surface area contributed by atoms with Gasteiger partial charge in [-0.3, -0.25) is 9.59 Å². The van der Waals surface area contributed by atoms with Gasteiger partial charge in [0.05, 0.1) is 34.2 Å². The third-order valence-corrected chi connectivity index (χ3v) is 7.19. The molecule has 0 rings (SSSR count). The maximum absolute atomic E-state index is 12.4. The van der Waals surface area contributed by atoms with Gasteiger partial charge < -0.3 is 30.9 Å². The number of hydrogen-bond acceptors (Lipinski definition) is 4. The number of unbranched alkanes of at least 4 members (excludes halogenated alkanes) is 19. The highest BCUT2D eigenvalue weighted by Gasteiger charge is 2.25. The van der Waals surface area contributed by atoms with Gasteiger partial charge in [-0.2, -0.15) is 0 Å². The molecule has 1 unspecified atom stereocenters. The van der Waals surface area contributed by atoms with Gasteiger partial charge in [-0.15, -0.1) is 0 Å². The number of ether oxygens (including phenoxy) is 2. The molecule has 0 spiro atoms. The van der Waals surface area contributed by atoms with Gasteiger partial charge in [0.25, 0.3) is 0 Å². The summed E-state index contributed by atoms with van der Waals surface area (Å²) in [5, 5.41) is 0. The Hall–Kier alpha value is -0.620. The number of halogens is 1. The average Bonchev–Trinajstić information content (AvgIpc) is 2.84. The van der Waals surface area contributed by atoms with Crippen LogP contribution in [0.3, 0.4) is 0 Å². The standard InChI is InChI=1S/C33H66NO4.BrH/c1-6-8-10-12-14-16-18-20-22-24-26-28-37-33(36)29-31(30-34(3,4)5)38-32(35)27-25-23-21-19-17-15-13-11-9-7-2;/h31H,6-30H2,1-5H3;1H/q+1;/p-1. The van der Waals surface area contributed by atoms with Gasteiger partial charge in [0.1, 0.15) is 6.54 Å². The van der Waals surface area contributed by atoms with E-state index < -0.39 is 6.10 Å². The van der Waals surface area contributed by atoms with Crippen molar-refractivity contribution in [2.45, 2.75) is 168 Å². The lowest BCUT2D eigenvalue weighted by molar-refractivity contribution is -0.873. The molecule has 39 heavy (non-hydrogen) atoms. The molecule has 5 nitrogen and oxygen atoms in total. The van der Waals surface area contributed by atoms with Crippen LogP contribution in [0.1, 0.15) is 162 Å². The van der Waals surface area contributed by atoms with Gasteiger partial charge in [0, 0.05) is 6.42 Å². The Balaban J connectivity index is 0. The topological polar surface area (TPSA) is 52.6 Å². The van der Waals surface area contributed by atoms with E-state index in [-0.39, 0.29) is 35.3 Å². The number of esters is 2. The van der Waals surface area contributed by atoms with E-state index in [1.807, 2.05) is 0 Å². The van der Waals surface area contributed by atoms with Crippen LogP contribution in [0.25, 0.3) is 0 Å². The highest BCUT2D eigenvalue weighted by atomic mass is 79.9. The molecule has 6 heteroatoms. The van der Waals surface area contributed by atoms with Crippen molar-refractivity contribution in [3.8, 4) is 0 Å². The molecule has 0 saturated carbocycles. The molecule has 0 aromatic rings. The second kappa shape index (κ2) is 28.9. The van der Waals surface area contributed by atoms with Gasteiger partial charge in [0.2, 0.25) is 0 Å². The van der Waals surface area contributed by atoms with Gasteiger partial charge in [-0.1, -0.05) is 136 Å². The molecule has 0 amide bonds. The fraction of sp³-hybridized carbons (Fsp3) is 0.939. The molecule has 0 saturated heterocycles. The molecular formula is C33H66BrNO4. The Morgan fingerprint density at radius 3 is 1.36 bits per heavy atom. The zero-order valence-electron chi connectivity index (χ0n) is 26.7. The van der Waals surface area contributed by atoms with E-state index in [9.17, 15) is 9.59 Å². The number of rotatable bonds is 28. The van der Waals surface area contributed by atoms with Gasteiger partial charge in [0.15, 0.2) is 6.10 Å². The van der Waals surface area contributed by atoms with Crippen LogP contribution in [0.4, 0.5) is 0 Å². The highest BCUT2D eigenvalue weighted by Crippen LogP contribution is 2.14. The van der Waals surface area contributed by atoms with Crippen LogP contribution >= 0.6 is 0 Å². The van der Waals surface area contributed by atoms with Crippen LogP contribution in [0.2, 0.25) is 0 Å². The van der Waals surface area contributed by atoms with Crippen LogP contribution in [0.5, 0.6) is 0 Å². The molecule has 0 aromatic heterocycles. The largest absolute Gasteiger partial charge is 1.00 e. The first-order valence-corrected chi connectivity index (χ1v) is 16.4. The summed E-state index contributed by atoms with van der Waals surface area (Å²) in [5.74, 6) is -0.427. The predicted octanol–water partition coefficient (Wildman–Crippen LogP) is 6.16. The molecule has 0 fully saturated rings. The average molecular weight is 621 g/mol. The second-order valence-corrected chi connectivity index (χ2v) is 12.5. The number of hydrogen-bond donors (Lipinski definition) is 0. The zero-order chi connectivity index (χ0) is 28.3. The van der Waals surface area contributed by atoms with E-state index in [0.717, 1.165) is 25.7 Å². The summed E-state index contributed by atoms with van der Waals surface area (Å²) in [6, 6.07) is 0. The van der Waals surface area contributed by atoms with Crippen LogP contribution in [-0.4, -0.2) is 56.8 Å². The maximum Gasteiger partial charge on any atom is 0.309 e. The van der Waals surface area contributed by atoms with Crippen LogP contribution in [0, 0.1) is 0 Å². The molecule has 0 N–H and O–H groups in total. The minimum atomic E-state index is -0.421. The third kappa shape index (κ3) is 31.8. The summed E-state index contributed by atoms with van der Waals surface area (Å²) >= 11 is 0. The molecular weight excluding hydrogens is 554 g/mol. The van der Waals surface area contributed by atoms with E-state index >= 15 is 0 Å². The van der Waals surface area contributed by atoms with Crippen molar-refractivity contribution in [3.05, 3.63) is 0 Å². The van der Waals surface area contributed by atoms with Gasteiger partial charge in [-0.25, -0.2) is 0 Å². The lowest BCUT2D eigenvalue weighted by atomic mass is 10.1. The van der Waals surface area contributed by atoms with E-state index in [1.54, 1.807) is 0 Å². The lowest BCUT2D eigenvalue weighted by Gasteiger charge is -2.28. The Bertz CT molecular complexity index is 550. The minimum Gasteiger partial charge on any atom is -1.00 e. The van der Waals surface area contributed by atoms with Crippen molar-refractivity contribution in [2.24, 2.45) is 0 Å². The summed E-state index contributed by atoms with van der Waals surface area (Å²) < 4.78 is 11.9. The van der Waals surface area contributed by atoms with Crippen molar-refractivity contribution >= 4 is 11.9 Å². The Labute approximate surface area is 253 Å². The van der Waals surface area contributed by atoms with Crippen molar-refractivity contribution in [2.75, 3.05) is 34.3 Å². The number of nitrogens with zero attached hydrogens (tertiary/aromatic N) is 1. The fourth-order valence-electron chi connectivity index (χ4n) is 4.95. The van der Waals surface area contributed by atoms with Gasteiger partial charge in [-0.05, 0) is 12.8 Å². The highest BCUT2D eigenvalue weighted by molar-refractivity contribution is 5.72. The normalized spacial score (nSPS) is 12.1. The monoisotopic (exact) mass is 619 g/mol. The number of carbonyl (C=O) groups excluding carboxylic acids is 2. The van der Waals surface area contributed by atoms with Crippen molar-refractivity contribution < 1.29 is 40.5 Å². The molecule has 0 aliphatic heterocycles. The van der Waals surface area contributed by atoms with Crippen LogP contribution < -0.4 is 17.0 Å². The minimum absolute atomic E-state index is 0. The van der Waals surface area contributed by atoms with Crippen LogP contribution in [-0.2, 0) is 19.1 Å². The summed E-state index contributed by atoms with van der Waals surface area (Å²) in [6.07, 6.45) is 26.6. The summed E-state index contributed by atoms with van der Waals surface area (Å²) in [4.78, 5) is 24.9. The van der Waals surface area contributed by atoms with E-state index in [4.69, 9.17) is 9.47 Å².